The Balaban J connectivity index is 1.77. The summed E-state index contributed by atoms with van der Waals surface area (Å²) < 4.78 is 0. The summed E-state index contributed by atoms with van der Waals surface area (Å²) in [6, 6.07) is 13.8. The first-order valence-corrected chi connectivity index (χ1v) is 8.35. The van der Waals surface area contributed by atoms with Crippen LogP contribution in [0.15, 0.2) is 48.0 Å². The van der Waals surface area contributed by atoms with E-state index in [4.69, 9.17) is 0 Å². The molecule has 0 radical (unpaired) electrons. The van der Waals surface area contributed by atoms with Crippen LogP contribution in [0.1, 0.15) is 16.5 Å². The zero-order chi connectivity index (χ0) is 14.1. The number of piperazine rings is 1. The van der Waals surface area contributed by atoms with E-state index in [9.17, 15) is 0 Å². The second-order valence-electron chi connectivity index (χ2n) is 5.53. The van der Waals surface area contributed by atoms with Crippen molar-refractivity contribution in [3.63, 3.8) is 0 Å². The summed E-state index contributed by atoms with van der Waals surface area (Å²) in [4.78, 5) is 7.31. The lowest BCUT2D eigenvalue weighted by molar-refractivity contribution is 0.201. The molecule has 3 heterocycles. The number of H-pyrrole nitrogens is 1. The molecule has 1 saturated heterocycles. The Hall–Kier alpha value is -1.62. The summed E-state index contributed by atoms with van der Waals surface area (Å²) in [5, 5.41) is 6.92. The van der Waals surface area contributed by atoms with Gasteiger partial charge in [-0.05, 0) is 40.6 Å². The molecule has 0 amide bonds. The summed E-state index contributed by atoms with van der Waals surface area (Å²) in [5.41, 5.74) is 2.61. The second kappa shape index (κ2) is 5.64. The van der Waals surface area contributed by atoms with E-state index in [-0.39, 0.29) is 0 Å². The van der Waals surface area contributed by atoms with E-state index in [1.165, 1.54) is 21.3 Å². The predicted molar refractivity (Wildman–Crippen MR) is 88.9 cm³/mol. The minimum absolute atomic E-state index is 0.381. The fourth-order valence-corrected chi connectivity index (χ4v) is 4.07. The molecular formula is C17H19N3S. The minimum atomic E-state index is 0.381. The average Bonchev–Trinajstić information content (AvgIpc) is 3.19. The lowest BCUT2D eigenvalue weighted by atomic mass is 10.0. The highest BCUT2D eigenvalue weighted by molar-refractivity contribution is 7.10. The van der Waals surface area contributed by atoms with E-state index in [0.29, 0.717) is 6.04 Å². The van der Waals surface area contributed by atoms with Crippen molar-refractivity contribution in [2.75, 3.05) is 26.2 Å². The third kappa shape index (κ3) is 2.50. The zero-order valence-corrected chi connectivity index (χ0v) is 12.7. The molecule has 0 bridgehead atoms. The number of thiophene rings is 1. The molecule has 108 valence electrons. The number of hydrogen-bond acceptors (Lipinski definition) is 3. The van der Waals surface area contributed by atoms with Crippen LogP contribution in [0.5, 0.6) is 0 Å². The maximum atomic E-state index is 3.45. The van der Waals surface area contributed by atoms with Crippen LogP contribution in [-0.2, 0) is 0 Å². The topological polar surface area (TPSA) is 31.1 Å². The molecule has 0 spiro atoms. The minimum Gasteiger partial charge on any atom is -0.361 e. The SMILES string of the molecule is c1csc([C@@H](c2ccc3[nH]ccc3c2)N2CCNCC2)c1. The monoisotopic (exact) mass is 297 g/mol. The van der Waals surface area contributed by atoms with Crippen molar-refractivity contribution in [1.82, 2.24) is 15.2 Å². The van der Waals surface area contributed by atoms with Gasteiger partial charge in [0.25, 0.3) is 0 Å². The molecule has 1 fully saturated rings. The summed E-state index contributed by atoms with van der Waals surface area (Å²) >= 11 is 1.86. The van der Waals surface area contributed by atoms with E-state index in [2.05, 4.69) is 57.0 Å². The Kier molecular flexibility index (Phi) is 3.51. The van der Waals surface area contributed by atoms with Crippen molar-refractivity contribution in [2.45, 2.75) is 6.04 Å². The van der Waals surface area contributed by atoms with Crippen LogP contribution < -0.4 is 5.32 Å². The first kappa shape index (κ1) is 13.1. The first-order valence-electron chi connectivity index (χ1n) is 7.47. The van der Waals surface area contributed by atoms with Crippen LogP contribution in [0.25, 0.3) is 10.9 Å². The van der Waals surface area contributed by atoms with Crippen molar-refractivity contribution in [3.05, 3.63) is 58.4 Å². The Morgan fingerprint density at radius 2 is 2.00 bits per heavy atom. The van der Waals surface area contributed by atoms with Gasteiger partial charge >= 0.3 is 0 Å². The van der Waals surface area contributed by atoms with Gasteiger partial charge in [-0.1, -0.05) is 12.1 Å². The second-order valence-corrected chi connectivity index (χ2v) is 6.51. The van der Waals surface area contributed by atoms with Crippen molar-refractivity contribution in [2.24, 2.45) is 0 Å². The van der Waals surface area contributed by atoms with Gasteiger partial charge < -0.3 is 10.3 Å². The van der Waals surface area contributed by atoms with Crippen LogP contribution in [-0.4, -0.2) is 36.1 Å². The maximum Gasteiger partial charge on any atom is 0.0697 e. The van der Waals surface area contributed by atoms with E-state index in [1.54, 1.807) is 0 Å². The molecule has 2 aromatic heterocycles. The molecule has 3 aromatic rings. The van der Waals surface area contributed by atoms with Gasteiger partial charge in [-0.2, -0.15) is 0 Å². The molecule has 3 nitrogen and oxygen atoms in total. The summed E-state index contributed by atoms with van der Waals surface area (Å²) in [6.07, 6.45) is 2.01. The first-order chi connectivity index (χ1) is 10.4. The number of fused-ring (bicyclic) bond motifs is 1. The van der Waals surface area contributed by atoms with Crippen molar-refractivity contribution < 1.29 is 0 Å². The standard InChI is InChI=1S/C17H19N3S/c1-2-16(21-11-1)17(20-9-7-18-8-10-20)14-3-4-15-13(12-14)5-6-19-15/h1-6,11-12,17-19H,7-10H2/t17-/m1/s1. The Morgan fingerprint density at radius 3 is 2.81 bits per heavy atom. The fraction of sp³-hybridized carbons (Fsp3) is 0.294. The largest absolute Gasteiger partial charge is 0.361 e. The van der Waals surface area contributed by atoms with Crippen LogP contribution in [0.4, 0.5) is 0 Å². The average molecular weight is 297 g/mol. The summed E-state index contributed by atoms with van der Waals surface area (Å²) in [6.45, 7) is 4.37. The highest BCUT2D eigenvalue weighted by atomic mass is 32.1. The normalized spacial score (nSPS) is 18.1. The van der Waals surface area contributed by atoms with Gasteiger partial charge in [-0.25, -0.2) is 0 Å². The Labute approximate surface area is 128 Å². The van der Waals surface area contributed by atoms with Crippen LogP contribution >= 0.6 is 11.3 Å². The third-order valence-corrected chi connectivity index (χ3v) is 5.15. The fourth-order valence-electron chi connectivity index (χ4n) is 3.18. The van der Waals surface area contributed by atoms with Crippen molar-refractivity contribution >= 4 is 22.2 Å². The van der Waals surface area contributed by atoms with Crippen LogP contribution in [0.2, 0.25) is 0 Å². The lowest BCUT2D eigenvalue weighted by Gasteiger charge is -2.34. The number of nitrogens with zero attached hydrogens (tertiary/aromatic N) is 1. The van der Waals surface area contributed by atoms with Gasteiger partial charge in [0.1, 0.15) is 0 Å². The van der Waals surface area contributed by atoms with Crippen LogP contribution in [0.3, 0.4) is 0 Å². The van der Waals surface area contributed by atoms with Crippen molar-refractivity contribution in [3.8, 4) is 0 Å². The number of hydrogen-bond donors (Lipinski definition) is 2. The van der Waals surface area contributed by atoms with E-state index < -0.39 is 0 Å². The summed E-state index contributed by atoms with van der Waals surface area (Å²) in [7, 11) is 0. The van der Waals surface area contributed by atoms with Crippen LogP contribution in [0, 0.1) is 0 Å². The van der Waals surface area contributed by atoms with Gasteiger partial charge in [0.15, 0.2) is 0 Å². The predicted octanol–water partition coefficient (Wildman–Crippen LogP) is 3.22. The Bertz CT molecular complexity index is 711. The van der Waals surface area contributed by atoms with E-state index >= 15 is 0 Å². The molecule has 4 heteroatoms. The number of aromatic nitrogens is 1. The number of aromatic amines is 1. The molecule has 1 aliphatic rings. The van der Waals surface area contributed by atoms with Gasteiger partial charge in [-0.15, -0.1) is 11.3 Å². The van der Waals surface area contributed by atoms with Crippen molar-refractivity contribution in [1.29, 1.82) is 0 Å². The van der Waals surface area contributed by atoms with Gasteiger partial charge in [0.05, 0.1) is 6.04 Å². The maximum absolute atomic E-state index is 3.45. The molecule has 21 heavy (non-hydrogen) atoms. The molecule has 0 unspecified atom stereocenters. The highest BCUT2D eigenvalue weighted by Gasteiger charge is 2.24. The molecule has 0 aliphatic carbocycles. The highest BCUT2D eigenvalue weighted by Crippen LogP contribution is 2.33. The number of benzene rings is 1. The smallest absolute Gasteiger partial charge is 0.0697 e. The van der Waals surface area contributed by atoms with E-state index in [1.807, 2.05) is 17.5 Å². The molecule has 4 rings (SSSR count). The molecule has 1 aliphatic heterocycles. The third-order valence-electron chi connectivity index (χ3n) is 4.22. The number of nitrogens with one attached hydrogen (secondary N) is 2. The molecule has 0 saturated carbocycles. The number of rotatable bonds is 3. The zero-order valence-electron chi connectivity index (χ0n) is 11.9. The van der Waals surface area contributed by atoms with Gasteiger partial charge in [0, 0.05) is 42.8 Å². The molecule has 2 N–H and O–H groups in total. The lowest BCUT2D eigenvalue weighted by Crippen LogP contribution is -2.45. The molecular weight excluding hydrogens is 278 g/mol. The quantitative estimate of drug-likeness (QED) is 0.778. The summed E-state index contributed by atoms with van der Waals surface area (Å²) in [5.74, 6) is 0. The Morgan fingerprint density at radius 1 is 1.10 bits per heavy atom. The van der Waals surface area contributed by atoms with Gasteiger partial charge in [-0.3, -0.25) is 4.90 Å². The van der Waals surface area contributed by atoms with Gasteiger partial charge in [0.2, 0.25) is 0 Å². The van der Waals surface area contributed by atoms with E-state index in [0.717, 1.165) is 26.2 Å². The molecule has 1 aromatic carbocycles. The molecule has 1 atom stereocenters.